The first-order valence-corrected chi connectivity index (χ1v) is 6.11. The Hall–Kier alpha value is -2.89. The maximum absolute atomic E-state index is 13.6. The van der Waals surface area contributed by atoms with Crippen molar-refractivity contribution < 1.29 is 23.4 Å². The zero-order valence-corrected chi connectivity index (χ0v) is 11.0. The van der Waals surface area contributed by atoms with Gasteiger partial charge in [-0.25, -0.2) is 9.18 Å². The molecule has 0 atom stereocenters. The number of carboxylic acid groups (broad SMARTS) is 1. The highest BCUT2D eigenvalue weighted by atomic mass is 19.1. The van der Waals surface area contributed by atoms with Crippen LogP contribution in [0.2, 0.25) is 0 Å². The van der Waals surface area contributed by atoms with Gasteiger partial charge in [0, 0.05) is 0 Å². The lowest BCUT2D eigenvalue weighted by Gasteiger charge is -2.02. The summed E-state index contributed by atoms with van der Waals surface area (Å²) in [6, 6.07) is 8.67. The third kappa shape index (κ3) is 2.55. The summed E-state index contributed by atoms with van der Waals surface area (Å²) in [7, 11) is 0. The van der Waals surface area contributed by atoms with Crippen LogP contribution < -0.4 is 4.74 Å². The highest BCUT2D eigenvalue weighted by Gasteiger charge is 2.13. The SMILES string of the molecule is Cc1ccc(F)c(Oc2nc3ccc(C(=O)O)cc3o2)c1. The van der Waals surface area contributed by atoms with Crippen LogP contribution in [0.1, 0.15) is 15.9 Å². The summed E-state index contributed by atoms with van der Waals surface area (Å²) in [5.41, 5.74) is 1.60. The van der Waals surface area contributed by atoms with Crippen LogP contribution in [0.5, 0.6) is 11.8 Å². The molecule has 0 saturated heterocycles. The summed E-state index contributed by atoms with van der Waals surface area (Å²) in [6.45, 7) is 1.80. The summed E-state index contributed by atoms with van der Waals surface area (Å²) in [4.78, 5) is 14.9. The number of carbonyl (C=O) groups is 1. The van der Waals surface area contributed by atoms with Crippen molar-refractivity contribution in [1.29, 1.82) is 0 Å². The first-order chi connectivity index (χ1) is 10.0. The molecule has 0 aliphatic rings. The number of carboxylic acids is 1. The number of nitrogens with zero attached hydrogens (tertiary/aromatic N) is 1. The Bertz CT molecular complexity index is 841. The fourth-order valence-electron chi connectivity index (χ4n) is 1.86. The number of aryl methyl sites for hydroxylation is 1. The number of rotatable bonds is 3. The molecular formula is C15H10FNO4. The Morgan fingerprint density at radius 3 is 2.86 bits per heavy atom. The van der Waals surface area contributed by atoms with Gasteiger partial charge in [0.25, 0.3) is 0 Å². The van der Waals surface area contributed by atoms with E-state index in [-0.39, 0.29) is 23.0 Å². The minimum absolute atomic E-state index is 0.0000131. The highest BCUT2D eigenvalue weighted by Crippen LogP contribution is 2.28. The van der Waals surface area contributed by atoms with Gasteiger partial charge in [0.1, 0.15) is 5.52 Å². The summed E-state index contributed by atoms with van der Waals surface area (Å²) in [6.07, 6.45) is -0.142. The van der Waals surface area contributed by atoms with E-state index in [1.54, 1.807) is 13.0 Å². The van der Waals surface area contributed by atoms with Crippen molar-refractivity contribution in [3.8, 4) is 11.8 Å². The standard InChI is InChI=1S/C15H10FNO4/c1-8-2-4-10(16)12(6-8)20-15-17-11-5-3-9(14(18)19)7-13(11)21-15/h2-7H,1H3,(H,18,19). The number of hydrogen-bond donors (Lipinski definition) is 1. The van der Waals surface area contributed by atoms with Gasteiger partial charge in [-0.3, -0.25) is 0 Å². The van der Waals surface area contributed by atoms with E-state index < -0.39 is 11.8 Å². The van der Waals surface area contributed by atoms with E-state index in [4.69, 9.17) is 14.3 Å². The van der Waals surface area contributed by atoms with E-state index in [1.807, 2.05) is 0 Å². The van der Waals surface area contributed by atoms with Crippen LogP contribution in [0.3, 0.4) is 0 Å². The van der Waals surface area contributed by atoms with Gasteiger partial charge in [0.15, 0.2) is 17.1 Å². The normalized spacial score (nSPS) is 10.8. The lowest BCUT2D eigenvalue weighted by Crippen LogP contribution is -1.94. The van der Waals surface area contributed by atoms with Gasteiger partial charge in [-0.2, -0.15) is 4.98 Å². The molecule has 0 amide bonds. The molecule has 0 spiro atoms. The van der Waals surface area contributed by atoms with E-state index in [9.17, 15) is 9.18 Å². The molecule has 5 nitrogen and oxygen atoms in total. The number of aromatic carboxylic acids is 1. The number of aromatic nitrogens is 1. The fourth-order valence-corrected chi connectivity index (χ4v) is 1.86. The Morgan fingerprint density at radius 1 is 1.29 bits per heavy atom. The van der Waals surface area contributed by atoms with Gasteiger partial charge >= 0.3 is 12.0 Å². The van der Waals surface area contributed by atoms with Gasteiger partial charge in [-0.05, 0) is 42.8 Å². The highest BCUT2D eigenvalue weighted by molar-refractivity contribution is 5.91. The molecule has 21 heavy (non-hydrogen) atoms. The summed E-state index contributed by atoms with van der Waals surface area (Å²) >= 11 is 0. The first kappa shape index (κ1) is 13.1. The molecule has 3 rings (SSSR count). The minimum atomic E-state index is -1.07. The molecule has 1 heterocycles. The molecule has 106 valence electrons. The number of oxazole rings is 1. The van der Waals surface area contributed by atoms with Gasteiger partial charge in [-0.1, -0.05) is 6.07 Å². The molecule has 1 N–H and O–H groups in total. The Kier molecular flexibility index (Phi) is 3.06. The second-order valence-corrected chi connectivity index (χ2v) is 4.50. The van der Waals surface area contributed by atoms with E-state index in [1.165, 1.54) is 30.3 Å². The van der Waals surface area contributed by atoms with E-state index >= 15 is 0 Å². The Balaban J connectivity index is 1.97. The van der Waals surface area contributed by atoms with Crippen LogP contribution >= 0.6 is 0 Å². The maximum Gasteiger partial charge on any atom is 0.400 e. The third-order valence-corrected chi connectivity index (χ3v) is 2.90. The molecule has 0 aliphatic carbocycles. The van der Waals surface area contributed by atoms with Crippen LogP contribution in [-0.4, -0.2) is 16.1 Å². The Morgan fingerprint density at radius 2 is 2.10 bits per heavy atom. The maximum atomic E-state index is 13.6. The monoisotopic (exact) mass is 287 g/mol. The minimum Gasteiger partial charge on any atom is -0.478 e. The predicted octanol–water partition coefficient (Wildman–Crippen LogP) is 3.77. The fraction of sp³-hybridized carbons (Fsp3) is 0.0667. The Labute approximate surface area is 118 Å². The predicted molar refractivity (Wildman–Crippen MR) is 72.2 cm³/mol. The van der Waals surface area contributed by atoms with Crippen LogP contribution in [-0.2, 0) is 0 Å². The van der Waals surface area contributed by atoms with Crippen molar-refractivity contribution in [3.05, 3.63) is 53.3 Å². The third-order valence-electron chi connectivity index (χ3n) is 2.90. The second kappa shape index (κ2) is 4.90. The molecule has 0 aliphatic heterocycles. The molecule has 0 bridgehead atoms. The molecule has 0 saturated carbocycles. The van der Waals surface area contributed by atoms with Crippen LogP contribution in [0.25, 0.3) is 11.1 Å². The van der Waals surface area contributed by atoms with Crippen molar-refractivity contribution in [3.63, 3.8) is 0 Å². The molecule has 0 radical (unpaired) electrons. The summed E-state index contributed by atoms with van der Waals surface area (Å²) < 4.78 is 24.2. The zero-order chi connectivity index (χ0) is 15.0. The lowest BCUT2D eigenvalue weighted by atomic mass is 10.2. The molecule has 2 aromatic carbocycles. The number of benzene rings is 2. The van der Waals surface area contributed by atoms with Crippen LogP contribution in [0, 0.1) is 12.7 Å². The van der Waals surface area contributed by atoms with Crippen LogP contribution in [0.15, 0.2) is 40.8 Å². The average molecular weight is 287 g/mol. The van der Waals surface area contributed by atoms with Crippen molar-refractivity contribution in [2.24, 2.45) is 0 Å². The van der Waals surface area contributed by atoms with Gasteiger partial charge in [-0.15, -0.1) is 0 Å². The summed E-state index contributed by atoms with van der Waals surface area (Å²) in [5, 5.41) is 8.91. The van der Waals surface area contributed by atoms with E-state index in [0.717, 1.165) is 5.56 Å². The molecule has 0 fully saturated rings. The van der Waals surface area contributed by atoms with Gasteiger partial charge in [0.2, 0.25) is 0 Å². The van der Waals surface area contributed by atoms with Crippen LogP contribution in [0.4, 0.5) is 4.39 Å². The van der Waals surface area contributed by atoms with Crippen molar-refractivity contribution >= 4 is 17.1 Å². The van der Waals surface area contributed by atoms with Crippen molar-refractivity contribution in [1.82, 2.24) is 4.98 Å². The molecule has 6 heteroatoms. The largest absolute Gasteiger partial charge is 0.478 e. The molecular weight excluding hydrogens is 277 g/mol. The molecule has 0 unspecified atom stereocenters. The summed E-state index contributed by atoms with van der Waals surface area (Å²) in [5.74, 6) is -1.60. The van der Waals surface area contributed by atoms with Crippen molar-refractivity contribution in [2.45, 2.75) is 6.92 Å². The first-order valence-electron chi connectivity index (χ1n) is 6.11. The van der Waals surface area contributed by atoms with Crippen molar-refractivity contribution in [2.75, 3.05) is 0 Å². The smallest absolute Gasteiger partial charge is 0.400 e. The van der Waals surface area contributed by atoms with Gasteiger partial charge in [0.05, 0.1) is 5.56 Å². The topological polar surface area (TPSA) is 72.6 Å². The quantitative estimate of drug-likeness (QED) is 0.793. The average Bonchev–Trinajstić information content (AvgIpc) is 2.84. The molecule has 3 aromatic rings. The lowest BCUT2D eigenvalue weighted by molar-refractivity contribution is 0.0697. The van der Waals surface area contributed by atoms with E-state index in [2.05, 4.69) is 4.98 Å². The van der Waals surface area contributed by atoms with Gasteiger partial charge < -0.3 is 14.3 Å². The number of fused-ring (bicyclic) bond motifs is 1. The number of halogens is 1. The molecule has 1 aromatic heterocycles. The number of ether oxygens (including phenoxy) is 1. The second-order valence-electron chi connectivity index (χ2n) is 4.50. The number of hydrogen-bond acceptors (Lipinski definition) is 4. The zero-order valence-electron chi connectivity index (χ0n) is 11.0. The van der Waals surface area contributed by atoms with E-state index in [0.29, 0.717) is 5.52 Å².